The fourth-order valence-corrected chi connectivity index (χ4v) is 2.03. The minimum Gasteiger partial charge on any atom is -0.305 e. The maximum atomic E-state index is 11.5. The van der Waals surface area contributed by atoms with Crippen molar-refractivity contribution in [2.75, 3.05) is 0 Å². The number of nitrogens with one attached hydrogen (secondary N) is 1. The Morgan fingerprint density at radius 1 is 1.67 bits per heavy atom. The monoisotopic (exact) mass is 169 g/mol. The van der Waals surface area contributed by atoms with Crippen LogP contribution in [0.25, 0.3) is 0 Å². The van der Waals surface area contributed by atoms with E-state index in [-0.39, 0.29) is 11.0 Å². The molecule has 1 fully saturated rings. The zero-order valence-electron chi connectivity index (χ0n) is 8.69. The van der Waals surface area contributed by atoms with Gasteiger partial charge in [-0.15, -0.1) is 0 Å². The van der Waals surface area contributed by atoms with Gasteiger partial charge in [-0.3, -0.25) is 4.79 Å². The third-order valence-corrected chi connectivity index (χ3v) is 3.93. The molecule has 0 aliphatic carbocycles. The summed E-state index contributed by atoms with van der Waals surface area (Å²) in [5.41, 5.74) is -0.153. The molecule has 1 N–H and O–H groups in total. The van der Waals surface area contributed by atoms with Crippen molar-refractivity contribution in [1.82, 2.24) is 5.32 Å². The van der Waals surface area contributed by atoms with E-state index in [1.54, 1.807) is 6.92 Å². The molecule has 12 heavy (non-hydrogen) atoms. The Labute approximate surface area is 74.7 Å². The van der Waals surface area contributed by atoms with E-state index in [1.165, 1.54) is 0 Å². The van der Waals surface area contributed by atoms with Gasteiger partial charge in [0.25, 0.3) is 0 Å². The van der Waals surface area contributed by atoms with E-state index < -0.39 is 0 Å². The zero-order chi connectivity index (χ0) is 9.57. The van der Waals surface area contributed by atoms with E-state index in [9.17, 15) is 4.79 Å². The zero-order valence-corrected chi connectivity index (χ0v) is 8.69. The lowest BCUT2D eigenvalue weighted by molar-refractivity contribution is -0.127. The second-order valence-corrected chi connectivity index (χ2v) is 4.31. The summed E-state index contributed by atoms with van der Waals surface area (Å²) in [6.45, 7) is 10.1. The molecule has 0 radical (unpaired) electrons. The van der Waals surface area contributed by atoms with Crippen molar-refractivity contribution in [2.45, 2.75) is 52.6 Å². The molecule has 0 aromatic heterocycles. The highest BCUT2D eigenvalue weighted by Crippen LogP contribution is 2.46. The highest BCUT2D eigenvalue weighted by molar-refractivity contribution is 5.84. The summed E-state index contributed by atoms with van der Waals surface area (Å²) in [4.78, 5) is 11.5. The molecule has 3 unspecified atom stereocenters. The smallest absolute Gasteiger partial charge is 0.137 e. The van der Waals surface area contributed by atoms with Crippen LogP contribution in [0.4, 0.5) is 0 Å². The van der Waals surface area contributed by atoms with Gasteiger partial charge in [0.1, 0.15) is 5.78 Å². The van der Waals surface area contributed by atoms with Gasteiger partial charge in [-0.05, 0) is 27.2 Å². The van der Waals surface area contributed by atoms with Gasteiger partial charge in [0.15, 0.2) is 0 Å². The summed E-state index contributed by atoms with van der Waals surface area (Å²) in [6.07, 6.45) is 0.913. The van der Waals surface area contributed by atoms with Gasteiger partial charge in [-0.2, -0.15) is 0 Å². The highest BCUT2D eigenvalue weighted by Gasteiger charge is 2.59. The first kappa shape index (κ1) is 9.72. The van der Waals surface area contributed by atoms with Crippen molar-refractivity contribution >= 4 is 5.78 Å². The number of carbonyl (C=O) groups excluding carboxylic acids is 1. The minimum absolute atomic E-state index is 0.0353. The molecular weight excluding hydrogens is 150 g/mol. The summed E-state index contributed by atoms with van der Waals surface area (Å²) >= 11 is 0. The molecule has 0 bridgehead atoms. The molecule has 0 spiro atoms. The standard InChI is InChI=1S/C10H19NO/c1-6-9(4,8(3)12)10(5)7(2)11-10/h7,11H,6H2,1-5H3. The fourth-order valence-electron chi connectivity index (χ4n) is 2.03. The molecule has 1 aliphatic rings. The van der Waals surface area contributed by atoms with Gasteiger partial charge in [0.05, 0.1) is 0 Å². The van der Waals surface area contributed by atoms with Gasteiger partial charge in [0.2, 0.25) is 0 Å². The molecule has 2 nitrogen and oxygen atoms in total. The second kappa shape index (κ2) is 2.56. The number of rotatable bonds is 3. The van der Waals surface area contributed by atoms with Crippen LogP contribution in [0.3, 0.4) is 0 Å². The SMILES string of the molecule is CCC(C)(C(C)=O)C1(C)NC1C. The topological polar surface area (TPSA) is 39.0 Å². The van der Waals surface area contributed by atoms with Gasteiger partial charge < -0.3 is 5.32 Å². The fraction of sp³-hybridized carbons (Fsp3) is 0.900. The van der Waals surface area contributed by atoms with Crippen LogP contribution >= 0.6 is 0 Å². The van der Waals surface area contributed by atoms with Gasteiger partial charge in [-0.1, -0.05) is 13.8 Å². The maximum Gasteiger partial charge on any atom is 0.137 e. The number of ketones is 1. The van der Waals surface area contributed by atoms with Crippen molar-refractivity contribution in [3.05, 3.63) is 0 Å². The largest absolute Gasteiger partial charge is 0.305 e. The Hall–Kier alpha value is -0.370. The van der Waals surface area contributed by atoms with Crippen LogP contribution in [0.15, 0.2) is 0 Å². The Kier molecular flexibility index (Phi) is 2.07. The number of hydrogen-bond acceptors (Lipinski definition) is 2. The molecule has 1 aliphatic heterocycles. The van der Waals surface area contributed by atoms with Crippen LogP contribution < -0.4 is 5.32 Å². The summed E-state index contributed by atoms with van der Waals surface area (Å²) in [7, 11) is 0. The minimum atomic E-state index is -0.188. The number of hydrogen-bond donors (Lipinski definition) is 1. The molecule has 70 valence electrons. The molecule has 1 heterocycles. The first-order valence-electron chi connectivity index (χ1n) is 4.67. The third kappa shape index (κ3) is 1.01. The van der Waals surface area contributed by atoms with Crippen molar-refractivity contribution in [3.63, 3.8) is 0 Å². The lowest BCUT2D eigenvalue weighted by Gasteiger charge is -2.31. The van der Waals surface area contributed by atoms with E-state index in [4.69, 9.17) is 0 Å². The summed E-state index contributed by atoms with van der Waals surface area (Å²) in [5, 5.41) is 3.36. The number of Topliss-reactive ketones (excluding diaryl/α,β-unsaturated/α-hetero) is 1. The molecule has 1 saturated heterocycles. The predicted molar refractivity (Wildman–Crippen MR) is 50.1 cm³/mol. The van der Waals surface area contributed by atoms with Crippen LogP contribution in [-0.2, 0) is 4.79 Å². The molecular formula is C10H19NO. The first-order chi connectivity index (χ1) is 5.38. The average Bonchev–Trinajstić information content (AvgIpc) is 2.59. The average molecular weight is 169 g/mol. The van der Waals surface area contributed by atoms with Crippen LogP contribution in [0.2, 0.25) is 0 Å². The Morgan fingerprint density at radius 3 is 2.17 bits per heavy atom. The normalized spacial score (nSPS) is 38.9. The van der Waals surface area contributed by atoms with Crippen LogP contribution in [-0.4, -0.2) is 17.4 Å². The molecule has 2 heteroatoms. The van der Waals surface area contributed by atoms with Gasteiger partial charge >= 0.3 is 0 Å². The second-order valence-electron chi connectivity index (χ2n) is 4.31. The quantitative estimate of drug-likeness (QED) is 0.654. The summed E-state index contributed by atoms with van der Waals surface area (Å²) in [6, 6.07) is 0.478. The lowest BCUT2D eigenvalue weighted by atomic mass is 9.71. The van der Waals surface area contributed by atoms with Crippen molar-refractivity contribution < 1.29 is 4.79 Å². The third-order valence-electron chi connectivity index (χ3n) is 3.93. The molecule has 1 rings (SSSR count). The van der Waals surface area contributed by atoms with E-state index in [1.807, 2.05) is 0 Å². The van der Waals surface area contributed by atoms with Crippen LogP contribution in [0, 0.1) is 5.41 Å². The van der Waals surface area contributed by atoms with Crippen molar-refractivity contribution in [2.24, 2.45) is 5.41 Å². The van der Waals surface area contributed by atoms with E-state index in [0.717, 1.165) is 6.42 Å². The van der Waals surface area contributed by atoms with E-state index >= 15 is 0 Å². The van der Waals surface area contributed by atoms with E-state index in [0.29, 0.717) is 11.8 Å². The maximum absolute atomic E-state index is 11.5. The lowest BCUT2D eigenvalue weighted by Crippen LogP contribution is -2.42. The highest BCUT2D eigenvalue weighted by atomic mass is 16.1. The summed E-state index contributed by atoms with van der Waals surface area (Å²) < 4.78 is 0. The summed E-state index contributed by atoms with van der Waals surface area (Å²) in [5.74, 6) is 0.296. The molecule has 3 atom stereocenters. The van der Waals surface area contributed by atoms with Crippen molar-refractivity contribution in [1.29, 1.82) is 0 Å². The predicted octanol–water partition coefficient (Wildman–Crippen LogP) is 1.74. The van der Waals surface area contributed by atoms with Gasteiger partial charge in [0, 0.05) is 17.0 Å². The van der Waals surface area contributed by atoms with Gasteiger partial charge in [-0.25, -0.2) is 0 Å². The Bertz CT molecular complexity index is 214. The van der Waals surface area contributed by atoms with Crippen LogP contribution in [0.5, 0.6) is 0 Å². The first-order valence-corrected chi connectivity index (χ1v) is 4.67. The Balaban J connectivity index is 2.89. The van der Waals surface area contributed by atoms with Crippen molar-refractivity contribution in [3.8, 4) is 0 Å². The van der Waals surface area contributed by atoms with E-state index in [2.05, 4.69) is 33.0 Å². The Morgan fingerprint density at radius 2 is 2.08 bits per heavy atom. The molecule has 0 aromatic carbocycles. The molecule has 0 saturated carbocycles. The number of carbonyl (C=O) groups is 1. The molecule has 0 aromatic rings. The van der Waals surface area contributed by atoms with Crippen LogP contribution in [0.1, 0.15) is 41.0 Å². The molecule has 0 amide bonds.